The Bertz CT molecular complexity index is 753. The van der Waals surface area contributed by atoms with Crippen LogP contribution in [0.4, 0.5) is 0 Å². The molecule has 0 aromatic heterocycles. The molecule has 0 aromatic carbocycles. The van der Waals surface area contributed by atoms with E-state index in [1.807, 2.05) is 0 Å². The van der Waals surface area contributed by atoms with Crippen LogP contribution in [0.15, 0.2) is 0 Å². The van der Waals surface area contributed by atoms with Gasteiger partial charge in [0, 0.05) is 11.8 Å². The summed E-state index contributed by atoms with van der Waals surface area (Å²) in [5.41, 5.74) is -0.630. The maximum atomic E-state index is 14.3. The predicted octanol–water partition coefficient (Wildman–Crippen LogP) is 5.31. The van der Waals surface area contributed by atoms with Crippen molar-refractivity contribution in [1.29, 1.82) is 0 Å². The lowest BCUT2D eigenvalue weighted by Crippen LogP contribution is -2.77. The summed E-state index contributed by atoms with van der Waals surface area (Å²) in [5, 5.41) is 0. The van der Waals surface area contributed by atoms with Gasteiger partial charge in [-0.15, -0.1) is 0 Å². The quantitative estimate of drug-likeness (QED) is 0.404. The molecule has 4 bridgehead atoms. The second-order valence-corrected chi connectivity index (χ2v) is 12.4. The minimum Gasteiger partial charge on any atom is -0.469 e. The summed E-state index contributed by atoms with van der Waals surface area (Å²) in [6, 6.07) is 0. The van der Waals surface area contributed by atoms with Crippen molar-refractivity contribution >= 4 is 27.7 Å². The Morgan fingerprint density at radius 1 is 1.20 bits per heavy atom. The maximum Gasteiger partial charge on any atom is 0.305 e. The maximum absolute atomic E-state index is 14.3. The Labute approximate surface area is 189 Å². The minimum absolute atomic E-state index is 0.00366. The normalized spacial score (nSPS) is 52.5. The molecule has 1 unspecified atom stereocenters. The van der Waals surface area contributed by atoms with Gasteiger partial charge in [-0.05, 0) is 86.4 Å². The van der Waals surface area contributed by atoms with Crippen LogP contribution in [0.1, 0.15) is 78.6 Å². The van der Waals surface area contributed by atoms with E-state index in [1.54, 1.807) is 0 Å². The van der Waals surface area contributed by atoms with E-state index in [-0.39, 0.29) is 27.7 Å². The van der Waals surface area contributed by atoms with E-state index in [0.29, 0.717) is 41.8 Å². The van der Waals surface area contributed by atoms with Crippen LogP contribution in [-0.2, 0) is 19.1 Å². The first-order valence-corrected chi connectivity index (χ1v) is 13.0. The van der Waals surface area contributed by atoms with Crippen molar-refractivity contribution in [3.8, 4) is 0 Å². The number of esters is 1. The lowest BCUT2D eigenvalue weighted by Gasteiger charge is -2.71. The summed E-state index contributed by atoms with van der Waals surface area (Å²) in [6.45, 7) is 7.02. The third kappa shape index (κ3) is 2.48. The Morgan fingerprint density at radius 2 is 1.93 bits per heavy atom. The van der Waals surface area contributed by atoms with Gasteiger partial charge >= 0.3 is 5.97 Å². The number of carbonyl (C=O) groups is 2. The van der Waals surface area contributed by atoms with Crippen LogP contribution < -0.4 is 0 Å². The van der Waals surface area contributed by atoms with Gasteiger partial charge in [0.2, 0.25) is 0 Å². The van der Waals surface area contributed by atoms with E-state index in [9.17, 15) is 9.59 Å². The second-order valence-electron chi connectivity index (χ2n) is 11.5. The highest BCUT2D eigenvalue weighted by Crippen LogP contribution is 2.73. The molecule has 10 atom stereocenters. The molecule has 2 heterocycles. The molecule has 4 nitrogen and oxygen atoms in total. The molecule has 5 heteroatoms. The molecule has 0 amide bonds. The van der Waals surface area contributed by atoms with Crippen molar-refractivity contribution in [3.05, 3.63) is 0 Å². The number of fused-ring (bicyclic) bond motifs is 3. The van der Waals surface area contributed by atoms with E-state index in [1.165, 1.54) is 20.0 Å². The first kappa shape index (κ1) is 21.4. The largest absolute Gasteiger partial charge is 0.469 e. The molecule has 6 rings (SSSR count). The van der Waals surface area contributed by atoms with Crippen LogP contribution >= 0.6 is 15.9 Å². The number of Topliss-reactive ketones (excluding diaryl/α,β-unsaturated/α-hetero) is 1. The summed E-state index contributed by atoms with van der Waals surface area (Å²) >= 11 is 3.98. The van der Waals surface area contributed by atoms with Gasteiger partial charge < -0.3 is 9.47 Å². The van der Waals surface area contributed by atoms with Crippen LogP contribution in [0.25, 0.3) is 0 Å². The highest BCUT2D eigenvalue weighted by atomic mass is 79.9. The predicted molar refractivity (Wildman–Crippen MR) is 118 cm³/mol. The van der Waals surface area contributed by atoms with Crippen molar-refractivity contribution < 1.29 is 19.1 Å². The molecule has 30 heavy (non-hydrogen) atoms. The SMILES string of the molecule is COC(=O)CC[C@@H](C)C1CC[C@H]2[C@@H]3CC[C@@H]4C[C@H]5CC[C@]4(C)[C@@]3(O5)C(=O)[C@H](Br)[C@]12C. The van der Waals surface area contributed by atoms with Crippen molar-refractivity contribution in [1.82, 2.24) is 0 Å². The van der Waals surface area contributed by atoms with Crippen LogP contribution in [0.3, 0.4) is 0 Å². The minimum atomic E-state index is -0.570. The average molecular weight is 481 g/mol. The monoisotopic (exact) mass is 480 g/mol. The molecule has 6 fully saturated rings. The molecule has 2 saturated heterocycles. The third-order valence-corrected chi connectivity index (χ3v) is 12.1. The number of hydrogen-bond acceptors (Lipinski definition) is 4. The van der Waals surface area contributed by atoms with Gasteiger partial charge in [0.05, 0.1) is 18.0 Å². The Kier molecular flexibility index (Phi) is 5.03. The Morgan fingerprint density at radius 3 is 2.67 bits per heavy atom. The Balaban J connectivity index is 1.49. The number of alkyl halides is 1. The number of hydrogen-bond donors (Lipinski definition) is 0. The first-order chi connectivity index (χ1) is 14.2. The molecule has 2 aliphatic heterocycles. The lowest BCUT2D eigenvalue weighted by molar-refractivity contribution is -0.306. The summed E-state index contributed by atoms with van der Waals surface area (Å²) in [5.74, 6) is 2.57. The summed E-state index contributed by atoms with van der Waals surface area (Å²) in [4.78, 5) is 25.8. The van der Waals surface area contributed by atoms with Gasteiger partial charge in [-0.2, -0.15) is 0 Å². The average Bonchev–Trinajstić information content (AvgIpc) is 3.08. The molecule has 0 aromatic rings. The van der Waals surface area contributed by atoms with Crippen LogP contribution in [0.2, 0.25) is 0 Å². The molecule has 0 N–H and O–H groups in total. The van der Waals surface area contributed by atoms with Crippen LogP contribution in [0, 0.1) is 40.4 Å². The van der Waals surface area contributed by atoms with Gasteiger partial charge in [0.25, 0.3) is 0 Å². The number of ether oxygens (including phenoxy) is 2. The summed E-state index contributed by atoms with van der Waals surface area (Å²) < 4.78 is 11.7. The zero-order valence-electron chi connectivity index (χ0n) is 18.9. The van der Waals surface area contributed by atoms with Gasteiger partial charge in [-0.1, -0.05) is 36.7 Å². The fourth-order valence-electron chi connectivity index (χ4n) is 9.18. The van der Waals surface area contributed by atoms with Gasteiger partial charge in [-0.3, -0.25) is 9.59 Å². The molecule has 4 aliphatic carbocycles. The van der Waals surface area contributed by atoms with Crippen molar-refractivity contribution in [2.45, 2.75) is 95.1 Å². The molecular weight excluding hydrogens is 444 g/mol. The van der Waals surface area contributed by atoms with Crippen molar-refractivity contribution in [2.24, 2.45) is 40.4 Å². The number of ketones is 1. The highest BCUT2D eigenvalue weighted by molar-refractivity contribution is 9.10. The third-order valence-electron chi connectivity index (χ3n) is 10.7. The second kappa shape index (κ2) is 7.04. The van der Waals surface area contributed by atoms with E-state index < -0.39 is 5.60 Å². The molecular formula is C25H37BrO4. The van der Waals surface area contributed by atoms with E-state index in [4.69, 9.17) is 9.47 Å². The summed E-state index contributed by atoms with van der Waals surface area (Å²) in [6.07, 6.45) is 9.73. The fraction of sp³-hybridized carbons (Fsp3) is 0.920. The van der Waals surface area contributed by atoms with Crippen LogP contribution in [0.5, 0.6) is 0 Å². The number of methoxy groups -OCH3 is 1. The van der Waals surface area contributed by atoms with E-state index in [2.05, 4.69) is 36.7 Å². The zero-order valence-corrected chi connectivity index (χ0v) is 20.5. The lowest BCUT2D eigenvalue weighted by atomic mass is 9.40. The molecule has 1 spiro atoms. The molecule has 6 aliphatic rings. The van der Waals surface area contributed by atoms with Gasteiger partial charge in [0.1, 0.15) is 5.60 Å². The zero-order chi connectivity index (χ0) is 21.5. The number of rotatable bonds is 4. The standard InChI is InChI=1S/C25H37BrO4/c1-14(5-10-20(27)29-4)17-8-9-18-19-7-6-15-13-16-11-12-23(15,2)25(19,30-16)22(28)21(26)24(17,18)3/h14-19,21H,5-13H2,1-4H3/t14-,15-,16-,17?,18+,19+,21+,23+,24-,25+/m1/s1. The van der Waals surface area contributed by atoms with Crippen LogP contribution in [-0.4, -0.2) is 35.4 Å². The fourth-order valence-corrected chi connectivity index (χ4v) is 10.2. The number of carbonyl (C=O) groups excluding carboxylic acids is 2. The molecule has 168 valence electrons. The smallest absolute Gasteiger partial charge is 0.305 e. The van der Waals surface area contributed by atoms with Crippen molar-refractivity contribution in [3.63, 3.8) is 0 Å². The highest BCUT2D eigenvalue weighted by Gasteiger charge is 2.77. The van der Waals surface area contributed by atoms with E-state index in [0.717, 1.165) is 38.5 Å². The molecule has 4 saturated carbocycles. The van der Waals surface area contributed by atoms with E-state index >= 15 is 0 Å². The Hall–Kier alpha value is -0.420. The topological polar surface area (TPSA) is 52.6 Å². The van der Waals surface area contributed by atoms with Gasteiger partial charge in [0.15, 0.2) is 5.78 Å². The number of halogens is 1. The molecule has 0 radical (unpaired) electrons. The van der Waals surface area contributed by atoms with Gasteiger partial charge in [-0.25, -0.2) is 0 Å². The summed E-state index contributed by atoms with van der Waals surface area (Å²) in [7, 11) is 1.46. The van der Waals surface area contributed by atoms with Crippen molar-refractivity contribution in [2.75, 3.05) is 7.11 Å². The first-order valence-electron chi connectivity index (χ1n) is 12.1.